The standard InChI is InChI=1S/C15H23N/c1-5-13(4)16-15(6-2)11-14-9-7-12(3)8-10-14/h5,7-10,13,15-16H,1,6,11H2,2-4H3. The van der Waals surface area contributed by atoms with Gasteiger partial charge in [-0.15, -0.1) is 6.58 Å². The molecule has 0 fully saturated rings. The monoisotopic (exact) mass is 217 g/mol. The van der Waals surface area contributed by atoms with Crippen molar-refractivity contribution in [3.8, 4) is 0 Å². The fourth-order valence-electron chi connectivity index (χ4n) is 1.77. The molecule has 0 aliphatic rings. The molecule has 0 bridgehead atoms. The van der Waals surface area contributed by atoms with Gasteiger partial charge in [0.05, 0.1) is 0 Å². The Hall–Kier alpha value is -1.08. The summed E-state index contributed by atoms with van der Waals surface area (Å²) in [4.78, 5) is 0. The summed E-state index contributed by atoms with van der Waals surface area (Å²) < 4.78 is 0. The van der Waals surface area contributed by atoms with Crippen LogP contribution in [0.25, 0.3) is 0 Å². The van der Waals surface area contributed by atoms with Crippen LogP contribution in [-0.4, -0.2) is 12.1 Å². The molecule has 2 unspecified atom stereocenters. The van der Waals surface area contributed by atoms with Gasteiger partial charge in [0.15, 0.2) is 0 Å². The van der Waals surface area contributed by atoms with Crippen molar-refractivity contribution in [2.45, 2.75) is 45.7 Å². The Morgan fingerprint density at radius 2 is 1.94 bits per heavy atom. The molecule has 0 saturated carbocycles. The van der Waals surface area contributed by atoms with Crippen molar-refractivity contribution in [2.24, 2.45) is 0 Å². The highest BCUT2D eigenvalue weighted by Gasteiger charge is 2.08. The second kappa shape index (κ2) is 6.49. The Labute approximate surface area is 99.6 Å². The third-order valence-corrected chi connectivity index (χ3v) is 2.95. The van der Waals surface area contributed by atoms with E-state index in [4.69, 9.17) is 0 Å². The van der Waals surface area contributed by atoms with E-state index in [0.29, 0.717) is 12.1 Å². The Morgan fingerprint density at radius 1 is 1.31 bits per heavy atom. The molecule has 0 spiro atoms. The molecule has 1 heteroatoms. The number of rotatable bonds is 6. The van der Waals surface area contributed by atoms with Crippen LogP contribution in [0.4, 0.5) is 0 Å². The quantitative estimate of drug-likeness (QED) is 0.719. The van der Waals surface area contributed by atoms with E-state index in [0.717, 1.165) is 12.8 Å². The van der Waals surface area contributed by atoms with Gasteiger partial charge in [0, 0.05) is 12.1 Å². The van der Waals surface area contributed by atoms with Crippen LogP contribution in [0.5, 0.6) is 0 Å². The molecule has 0 saturated heterocycles. The van der Waals surface area contributed by atoms with Crippen molar-refractivity contribution in [3.05, 3.63) is 48.0 Å². The summed E-state index contributed by atoms with van der Waals surface area (Å²) in [5.74, 6) is 0. The van der Waals surface area contributed by atoms with E-state index < -0.39 is 0 Å². The predicted molar refractivity (Wildman–Crippen MR) is 71.8 cm³/mol. The summed E-state index contributed by atoms with van der Waals surface area (Å²) >= 11 is 0. The summed E-state index contributed by atoms with van der Waals surface area (Å²) in [5, 5.41) is 3.56. The Kier molecular flexibility index (Phi) is 5.27. The molecular formula is C15H23N. The minimum atomic E-state index is 0.385. The van der Waals surface area contributed by atoms with E-state index >= 15 is 0 Å². The van der Waals surface area contributed by atoms with Crippen LogP contribution >= 0.6 is 0 Å². The molecule has 2 atom stereocenters. The van der Waals surface area contributed by atoms with Crippen LogP contribution in [0, 0.1) is 6.92 Å². The van der Waals surface area contributed by atoms with Crippen LogP contribution in [0.3, 0.4) is 0 Å². The van der Waals surface area contributed by atoms with Crippen molar-refractivity contribution in [1.29, 1.82) is 0 Å². The first-order valence-corrected chi connectivity index (χ1v) is 6.09. The molecule has 0 amide bonds. The third-order valence-electron chi connectivity index (χ3n) is 2.95. The van der Waals surface area contributed by atoms with E-state index in [1.165, 1.54) is 11.1 Å². The van der Waals surface area contributed by atoms with Crippen LogP contribution in [0.2, 0.25) is 0 Å². The van der Waals surface area contributed by atoms with Crippen LogP contribution in [0.15, 0.2) is 36.9 Å². The van der Waals surface area contributed by atoms with Gasteiger partial charge < -0.3 is 5.32 Å². The van der Waals surface area contributed by atoms with Crippen molar-refractivity contribution in [2.75, 3.05) is 0 Å². The molecule has 0 radical (unpaired) electrons. The van der Waals surface area contributed by atoms with E-state index in [1.807, 2.05) is 6.08 Å². The van der Waals surface area contributed by atoms with Gasteiger partial charge in [0.2, 0.25) is 0 Å². The topological polar surface area (TPSA) is 12.0 Å². The van der Waals surface area contributed by atoms with Crippen LogP contribution in [0.1, 0.15) is 31.4 Å². The lowest BCUT2D eigenvalue weighted by Gasteiger charge is -2.20. The Bertz CT molecular complexity index is 313. The predicted octanol–water partition coefficient (Wildman–Crippen LogP) is 3.48. The highest BCUT2D eigenvalue weighted by molar-refractivity contribution is 5.22. The molecule has 0 aromatic heterocycles. The van der Waals surface area contributed by atoms with Crippen molar-refractivity contribution in [3.63, 3.8) is 0 Å². The molecule has 88 valence electrons. The fraction of sp³-hybridized carbons (Fsp3) is 0.467. The molecule has 1 aromatic carbocycles. The van der Waals surface area contributed by atoms with E-state index in [1.54, 1.807) is 0 Å². The highest BCUT2D eigenvalue weighted by Crippen LogP contribution is 2.08. The zero-order valence-electron chi connectivity index (χ0n) is 10.7. The molecule has 1 nitrogen and oxygen atoms in total. The Morgan fingerprint density at radius 3 is 2.44 bits per heavy atom. The first kappa shape index (κ1) is 13.0. The SMILES string of the molecule is C=CC(C)NC(CC)Cc1ccc(C)cc1. The summed E-state index contributed by atoms with van der Waals surface area (Å²) in [6.45, 7) is 10.3. The van der Waals surface area contributed by atoms with Crippen LogP contribution in [-0.2, 0) is 6.42 Å². The normalized spacial score (nSPS) is 14.4. The lowest BCUT2D eigenvalue weighted by Crippen LogP contribution is -2.36. The smallest absolute Gasteiger partial charge is 0.0221 e. The molecule has 1 aromatic rings. The van der Waals surface area contributed by atoms with E-state index in [9.17, 15) is 0 Å². The molecule has 0 heterocycles. The second-order valence-corrected chi connectivity index (χ2v) is 4.49. The maximum atomic E-state index is 3.80. The second-order valence-electron chi connectivity index (χ2n) is 4.49. The van der Waals surface area contributed by atoms with Gasteiger partial charge in [-0.05, 0) is 32.3 Å². The van der Waals surface area contributed by atoms with Gasteiger partial charge in [-0.25, -0.2) is 0 Å². The molecule has 0 aliphatic heterocycles. The van der Waals surface area contributed by atoms with Gasteiger partial charge in [-0.3, -0.25) is 0 Å². The molecule has 1 rings (SSSR count). The minimum absolute atomic E-state index is 0.385. The van der Waals surface area contributed by atoms with Crippen molar-refractivity contribution >= 4 is 0 Å². The summed E-state index contributed by atoms with van der Waals surface area (Å²) in [7, 11) is 0. The van der Waals surface area contributed by atoms with E-state index in [-0.39, 0.29) is 0 Å². The van der Waals surface area contributed by atoms with Gasteiger partial charge in [0.1, 0.15) is 0 Å². The maximum Gasteiger partial charge on any atom is 0.0221 e. The largest absolute Gasteiger partial charge is 0.308 e. The molecule has 1 N–H and O–H groups in total. The van der Waals surface area contributed by atoms with Gasteiger partial charge in [-0.2, -0.15) is 0 Å². The maximum absolute atomic E-state index is 3.80. The zero-order chi connectivity index (χ0) is 12.0. The van der Waals surface area contributed by atoms with Gasteiger partial charge in [-0.1, -0.05) is 42.8 Å². The fourth-order valence-corrected chi connectivity index (χ4v) is 1.77. The highest BCUT2D eigenvalue weighted by atomic mass is 14.9. The van der Waals surface area contributed by atoms with E-state index in [2.05, 4.69) is 56.9 Å². The lowest BCUT2D eigenvalue weighted by atomic mass is 10.0. The number of hydrogen-bond donors (Lipinski definition) is 1. The molecular weight excluding hydrogens is 194 g/mol. The number of hydrogen-bond acceptors (Lipinski definition) is 1. The number of aryl methyl sites for hydroxylation is 1. The average molecular weight is 217 g/mol. The lowest BCUT2D eigenvalue weighted by molar-refractivity contribution is 0.470. The van der Waals surface area contributed by atoms with Gasteiger partial charge >= 0.3 is 0 Å². The Balaban J connectivity index is 2.55. The minimum Gasteiger partial charge on any atom is -0.308 e. The zero-order valence-corrected chi connectivity index (χ0v) is 10.7. The summed E-state index contributed by atoms with van der Waals surface area (Å²) in [6, 6.07) is 9.72. The number of nitrogens with one attached hydrogen (secondary N) is 1. The number of benzene rings is 1. The first-order chi connectivity index (χ1) is 7.65. The first-order valence-electron chi connectivity index (χ1n) is 6.09. The molecule has 16 heavy (non-hydrogen) atoms. The summed E-state index contributed by atoms with van der Waals surface area (Å²) in [5.41, 5.74) is 2.73. The van der Waals surface area contributed by atoms with Gasteiger partial charge in [0.25, 0.3) is 0 Å². The molecule has 0 aliphatic carbocycles. The van der Waals surface area contributed by atoms with Crippen molar-refractivity contribution < 1.29 is 0 Å². The third kappa shape index (κ3) is 4.19. The van der Waals surface area contributed by atoms with Crippen LogP contribution < -0.4 is 5.32 Å². The van der Waals surface area contributed by atoms with Crippen molar-refractivity contribution in [1.82, 2.24) is 5.32 Å². The average Bonchev–Trinajstić information content (AvgIpc) is 2.30. The summed E-state index contributed by atoms with van der Waals surface area (Å²) in [6.07, 6.45) is 4.19.